The van der Waals surface area contributed by atoms with Gasteiger partial charge in [0.2, 0.25) is 0 Å². The van der Waals surface area contributed by atoms with Crippen LogP contribution in [0.3, 0.4) is 0 Å². The van der Waals surface area contributed by atoms with Gasteiger partial charge in [-0.25, -0.2) is 0 Å². The zero-order valence-electron chi connectivity index (χ0n) is 16.9. The lowest BCUT2D eigenvalue weighted by atomic mass is 9.87. The summed E-state index contributed by atoms with van der Waals surface area (Å²) in [6, 6.07) is 20.6. The molecule has 1 N–H and O–H groups in total. The van der Waals surface area contributed by atoms with Gasteiger partial charge in [0.1, 0.15) is 0 Å². The lowest BCUT2D eigenvalue weighted by molar-refractivity contribution is -0.136. The van der Waals surface area contributed by atoms with Crippen molar-refractivity contribution < 1.29 is 14.7 Å². The van der Waals surface area contributed by atoms with Gasteiger partial charge in [-0.1, -0.05) is 64.0 Å². The molecule has 1 aliphatic heterocycles. The fraction of sp³-hybridized carbons (Fsp3) is 0.200. The van der Waals surface area contributed by atoms with Gasteiger partial charge in [0.25, 0.3) is 5.91 Å². The smallest absolute Gasteiger partial charge is 0.264 e. The Bertz CT molecular complexity index is 1140. The van der Waals surface area contributed by atoms with Crippen LogP contribution < -0.4 is 4.90 Å². The van der Waals surface area contributed by atoms with Gasteiger partial charge < -0.3 is 10.0 Å². The summed E-state index contributed by atoms with van der Waals surface area (Å²) in [5.74, 6) is -0.724. The summed E-state index contributed by atoms with van der Waals surface area (Å²) in [4.78, 5) is 28.1. The molecule has 5 heteroatoms. The van der Waals surface area contributed by atoms with Gasteiger partial charge in [-0.2, -0.15) is 0 Å². The molecule has 1 unspecified atom stereocenters. The summed E-state index contributed by atoms with van der Waals surface area (Å²) in [6.45, 7) is 4.10. The van der Waals surface area contributed by atoms with E-state index in [1.54, 1.807) is 17.0 Å². The molecule has 1 heterocycles. The first-order valence-corrected chi connectivity index (χ1v) is 10.6. The molecule has 30 heavy (non-hydrogen) atoms. The third-order valence-electron chi connectivity index (χ3n) is 5.59. The Morgan fingerprint density at radius 1 is 1.03 bits per heavy atom. The Morgan fingerprint density at radius 3 is 2.50 bits per heavy atom. The molecule has 0 aromatic heterocycles. The molecule has 3 aromatic rings. The number of hydrogen-bond acceptors (Lipinski definition) is 3. The van der Waals surface area contributed by atoms with Crippen molar-refractivity contribution in [3.05, 3.63) is 99.0 Å². The number of carbonyl (C=O) groups excluding carboxylic acids is 2. The average Bonchev–Trinajstić information content (AvgIpc) is 2.92. The Kier molecular flexibility index (Phi) is 5.35. The van der Waals surface area contributed by atoms with E-state index in [4.69, 9.17) is 0 Å². The Morgan fingerprint density at radius 2 is 1.77 bits per heavy atom. The van der Waals surface area contributed by atoms with E-state index in [0.29, 0.717) is 23.4 Å². The Balaban J connectivity index is 1.73. The second-order valence-electron chi connectivity index (χ2n) is 7.82. The number of benzene rings is 3. The molecular formula is C25H22BrNO3. The van der Waals surface area contributed by atoms with Crippen LogP contribution in [0.2, 0.25) is 0 Å². The van der Waals surface area contributed by atoms with Crippen molar-refractivity contribution in [2.75, 3.05) is 4.90 Å². The second-order valence-corrected chi connectivity index (χ2v) is 8.73. The number of carbonyl (C=O) groups is 2. The van der Waals surface area contributed by atoms with Crippen LogP contribution in [0.15, 0.2) is 71.2 Å². The second kappa shape index (κ2) is 7.82. The van der Waals surface area contributed by atoms with Crippen molar-refractivity contribution >= 4 is 33.3 Å². The van der Waals surface area contributed by atoms with Crippen LogP contribution in [0.1, 0.15) is 39.0 Å². The van der Waals surface area contributed by atoms with Crippen molar-refractivity contribution in [1.82, 2.24) is 0 Å². The maximum atomic E-state index is 13.4. The quantitative estimate of drug-likeness (QED) is 0.537. The molecule has 152 valence electrons. The number of ketones is 1. The number of fused-ring (bicyclic) bond motifs is 1. The van der Waals surface area contributed by atoms with Gasteiger partial charge in [0.15, 0.2) is 11.4 Å². The largest absolute Gasteiger partial charge is 0.375 e. The molecular weight excluding hydrogens is 442 g/mol. The predicted octanol–water partition coefficient (Wildman–Crippen LogP) is 5.07. The van der Waals surface area contributed by atoms with Crippen LogP contribution in [-0.4, -0.2) is 16.8 Å². The third kappa shape index (κ3) is 3.59. The predicted molar refractivity (Wildman–Crippen MR) is 121 cm³/mol. The van der Waals surface area contributed by atoms with Gasteiger partial charge in [-0.15, -0.1) is 0 Å². The maximum Gasteiger partial charge on any atom is 0.264 e. The van der Waals surface area contributed by atoms with E-state index in [-0.39, 0.29) is 12.2 Å². The number of nitrogens with zero attached hydrogens (tertiary/aromatic N) is 1. The first-order chi connectivity index (χ1) is 14.3. The summed E-state index contributed by atoms with van der Waals surface area (Å²) >= 11 is 3.43. The fourth-order valence-corrected chi connectivity index (χ4v) is 4.34. The lowest BCUT2D eigenvalue weighted by Crippen LogP contribution is -2.41. The molecule has 0 saturated carbocycles. The number of aliphatic hydroxyl groups is 1. The van der Waals surface area contributed by atoms with E-state index in [9.17, 15) is 14.7 Å². The van der Waals surface area contributed by atoms with E-state index in [1.807, 2.05) is 68.4 Å². The Labute approximate surface area is 184 Å². The molecule has 1 amide bonds. The number of halogens is 1. The minimum Gasteiger partial charge on any atom is -0.375 e. The summed E-state index contributed by atoms with van der Waals surface area (Å²) in [5.41, 5.74) is 2.46. The van der Waals surface area contributed by atoms with Crippen LogP contribution in [-0.2, 0) is 16.9 Å². The highest BCUT2D eigenvalue weighted by Gasteiger charge is 2.51. The topological polar surface area (TPSA) is 57.6 Å². The fourth-order valence-electron chi connectivity index (χ4n) is 3.98. The highest BCUT2D eigenvalue weighted by molar-refractivity contribution is 9.10. The molecule has 0 aliphatic carbocycles. The van der Waals surface area contributed by atoms with E-state index in [2.05, 4.69) is 15.9 Å². The minimum absolute atomic E-state index is 0.250. The maximum absolute atomic E-state index is 13.4. The minimum atomic E-state index is -1.90. The molecule has 0 fully saturated rings. The summed E-state index contributed by atoms with van der Waals surface area (Å²) in [6.07, 6.45) is -0.301. The first kappa shape index (κ1) is 20.5. The molecule has 4 rings (SSSR count). The SMILES string of the molecule is Cc1ccc(C)c(C(=O)CC2(O)C(=O)N(Cc3ccccc3)c3ccc(Br)cc32)c1. The lowest BCUT2D eigenvalue weighted by Gasteiger charge is -2.23. The number of aryl methyl sites for hydroxylation is 2. The van der Waals surface area contributed by atoms with Crippen LogP contribution >= 0.6 is 15.9 Å². The molecule has 1 atom stereocenters. The number of rotatable bonds is 5. The monoisotopic (exact) mass is 463 g/mol. The summed E-state index contributed by atoms with van der Waals surface area (Å²) in [7, 11) is 0. The van der Waals surface area contributed by atoms with Gasteiger partial charge in [-0.3, -0.25) is 9.59 Å². The van der Waals surface area contributed by atoms with Gasteiger partial charge in [0, 0.05) is 15.6 Å². The number of hydrogen-bond donors (Lipinski definition) is 1. The number of anilines is 1. The van der Waals surface area contributed by atoms with Gasteiger partial charge in [-0.05, 0) is 49.2 Å². The van der Waals surface area contributed by atoms with Crippen LogP contribution in [0, 0.1) is 13.8 Å². The number of Topliss-reactive ketones (excluding diaryl/α,β-unsaturated/α-hetero) is 1. The van der Waals surface area contributed by atoms with Gasteiger partial charge >= 0.3 is 0 Å². The van der Waals surface area contributed by atoms with Crippen molar-refractivity contribution in [2.24, 2.45) is 0 Å². The molecule has 4 nitrogen and oxygen atoms in total. The van der Waals surface area contributed by atoms with Crippen molar-refractivity contribution in [1.29, 1.82) is 0 Å². The summed E-state index contributed by atoms with van der Waals surface area (Å²) in [5, 5.41) is 11.5. The normalized spacial score (nSPS) is 17.9. The molecule has 3 aromatic carbocycles. The average molecular weight is 464 g/mol. The van der Waals surface area contributed by atoms with E-state index in [1.165, 1.54) is 0 Å². The van der Waals surface area contributed by atoms with E-state index in [0.717, 1.165) is 21.2 Å². The third-order valence-corrected chi connectivity index (χ3v) is 6.08. The molecule has 0 bridgehead atoms. The van der Waals surface area contributed by atoms with Crippen molar-refractivity contribution in [3.8, 4) is 0 Å². The summed E-state index contributed by atoms with van der Waals surface area (Å²) < 4.78 is 0.744. The van der Waals surface area contributed by atoms with Crippen LogP contribution in [0.25, 0.3) is 0 Å². The Hall–Kier alpha value is -2.76. The zero-order valence-corrected chi connectivity index (χ0v) is 18.4. The standard InChI is InChI=1S/C25H22BrNO3/c1-16-8-9-17(2)20(12-16)23(28)14-25(30)21-13-19(26)10-11-22(21)27(24(25)29)15-18-6-4-3-5-7-18/h3-13,30H,14-15H2,1-2H3. The van der Waals surface area contributed by atoms with Gasteiger partial charge in [0.05, 0.1) is 18.7 Å². The van der Waals surface area contributed by atoms with E-state index >= 15 is 0 Å². The first-order valence-electron chi connectivity index (χ1n) is 9.78. The van der Waals surface area contributed by atoms with Crippen LogP contribution in [0.4, 0.5) is 5.69 Å². The molecule has 0 spiro atoms. The zero-order chi connectivity index (χ0) is 21.5. The highest BCUT2D eigenvalue weighted by atomic mass is 79.9. The van der Waals surface area contributed by atoms with E-state index < -0.39 is 11.5 Å². The molecule has 0 radical (unpaired) electrons. The molecule has 0 saturated heterocycles. The number of amides is 1. The van der Waals surface area contributed by atoms with Crippen molar-refractivity contribution in [2.45, 2.75) is 32.4 Å². The highest BCUT2D eigenvalue weighted by Crippen LogP contribution is 2.45. The molecule has 1 aliphatic rings. The van der Waals surface area contributed by atoms with Crippen LogP contribution in [0.5, 0.6) is 0 Å². The van der Waals surface area contributed by atoms with Crippen molar-refractivity contribution in [3.63, 3.8) is 0 Å².